The van der Waals surface area contributed by atoms with Crippen molar-refractivity contribution < 1.29 is 14.3 Å². The van der Waals surface area contributed by atoms with Gasteiger partial charge in [0.15, 0.2) is 0 Å². The van der Waals surface area contributed by atoms with Gasteiger partial charge in [0.05, 0.1) is 12.6 Å². The number of halogens is 1. The lowest BCUT2D eigenvalue weighted by molar-refractivity contribution is -0.119. The van der Waals surface area contributed by atoms with Crippen LogP contribution in [0, 0.1) is 12.8 Å². The van der Waals surface area contributed by atoms with Crippen molar-refractivity contribution in [3.05, 3.63) is 64.8 Å². The van der Waals surface area contributed by atoms with Gasteiger partial charge in [0.25, 0.3) is 5.91 Å². The molecular formula is C27H35ClN2O3. The maximum absolute atomic E-state index is 12.7. The molecule has 3 rings (SSSR count). The predicted octanol–water partition coefficient (Wildman–Crippen LogP) is 6.77. The Bertz CT molecular complexity index is 1060. The third-order valence-electron chi connectivity index (χ3n) is 5.77. The average molecular weight is 471 g/mol. The molecule has 5 nitrogen and oxygen atoms in total. The van der Waals surface area contributed by atoms with Gasteiger partial charge in [-0.05, 0) is 67.8 Å². The second-order valence-corrected chi connectivity index (χ2v) is 8.73. The molecule has 33 heavy (non-hydrogen) atoms. The molecule has 1 unspecified atom stereocenters. The van der Waals surface area contributed by atoms with Crippen LogP contribution in [0.25, 0.3) is 10.9 Å². The van der Waals surface area contributed by atoms with E-state index in [4.69, 9.17) is 22.1 Å². The van der Waals surface area contributed by atoms with Crippen LogP contribution in [-0.2, 0) is 4.79 Å². The van der Waals surface area contributed by atoms with E-state index in [2.05, 4.69) is 13.8 Å². The molecule has 0 aliphatic heterocycles. The first-order valence-electron chi connectivity index (χ1n) is 11.5. The zero-order valence-electron chi connectivity index (χ0n) is 20.1. The fourth-order valence-electron chi connectivity index (χ4n) is 3.87. The molecule has 0 fully saturated rings. The van der Waals surface area contributed by atoms with Gasteiger partial charge in [-0.25, -0.2) is 0 Å². The number of rotatable bonds is 9. The van der Waals surface area contributed by atoms with E-state index in [1.165, 1.54) is 19.3 Å². The molecule has 1 heterocycles. The quantitative estimate of drug-likeness (QED) is 0.350. The van der Waals surface area contributed by atoms with Crippen LogP contribution in [-0.4, -0.2) is 23.5 Å². The summed E-state index contributed by atoms with van der Waals surface area (Å²) in [6.45, 7) is 6.23. The van der Waals surface area contributed by atoms with Crippen molar-refractivity contribution >= 4 is 34.3 Å². The van der Waals surface area contributed by atoms with E-state index in [1.807, 2.05) is 31.2 Å². The molecule has 0 saturated heterocycles. The Labute approximate surface area is 201 Å². The summed E-state index contributed by atoms with van der Waals surface area (Å²) in [4.78, 5) is 23.3. The van der Waals surface area contributed by atoms with Crippen LogP contribution < -0.4 is 10.5 Å². The number of carbonyl (C=O) groups excluding carboxylic acids is 2. The minimum absolute atomic E-state index is 0.0654. The lowest BCUT2D eigenvalue weighted by atomic mass is 9.95. The molecule has 2 aromatic carbocycles. The number of aromatic nitrogens is 1. The van der Waals surface area contributed by atoms with Gasteiger partial charge in [0, 0.05) is 28.1 Å². The fourth-order valence-corrected chi connectivity index (χ4v) is 3.99. The molecule has 1 amide bonds. The number of primary amides is 1. The monoisotopic (exact) mass is 470 g/mol. The molecule has 178 valence electrons. The van der Waals surface area contributed by atoms with Gasteiger partial charge in [-0.1, -0.05) is 51.1 Å². The highest BCUT2D eigenvalue weighted by atomic mass is 35.5. The van der Waals surface area contributed by atoms with Crippen LogP contribution in [0.5, 0.6) is 5.75 Å². The van der Waals surface area contributed by atoms with E-state index in [0.29, 0.717) is 22.9 Å². The fraction of sp³-hybridized carbons (Fsp3) is 0.407. The number of aryl methyl sites for hydroxylation is 1. The number of ether oxygens (including phenoxy) is 1. The van der Waals surface area contributed by atoms with Gasteiger partial charge >= 0.3 is 0 Å². The molecule has 0 radical (unpaired) electrons. The molecule has 0 aliphatic carbocycles. The van der Waals surface area contributed by atoms with E-state index in [9.17, 15) is 9.59 Å². The molecule has 0 aliphatic rings. The summed E-state index contributed by atoms with van der Waals surface area (Å²) in [5, 5.41) is 1.60. The number of unbranched alkanes of at least 4 members (excludes halogenated alkanes) is 2. The number of fused-ring (bicyclic) bond motifs is 1. The smallest absolute Gasteiger partial charge is 0.262 e. The normalized spacial score (nSPS) is 11.5. The Morgan fingerprint density at radius 3 is 2.33 bits per heavy atom. The van der Waals surface area contributed by atoms with E-state index in [0.717, 1.165) is 35.2 Å². The minimum Gasteiger partial charge on any atom is -0.497 e. The Kier molecular flexibility index (Phi) is 10.5. The number of nitrogens with zero attached hydrogens (tertiary/aromatic N) is 1. The van der Waals surface area contributed by atoms with Gasteiger partial charge < -0.3 is 10.5 Å². The Morgan fingerprint density at radius 2 is 1.76 bits per heavy atom. The van der Waals surface area contributed by atoms with Crippen LogP contribution in [0.1, 0.15) is 68.4 Å². The van der Waals surface area contributed by atoms with Crippen LogP contribution in [0.3, 0.4) is 0 Å². The third kappa shape index (κ3) is 7.64. The maximum atomic E-state index is 12.7. The maximum Gasteiger partial charge on any atom is 0.262 e. The molecule has 6 heteroatoms. The molecule has 3 aromatic rings. The summed E-state index contributed by atoms with van der Waals surface area (Å²) >= 11 is 5.87. The summed E-state index contributed by atoms with van der Waals surface area (Å²) in [7, 11) is 1.63. The zero-order valence-corrected chi connectivity index (χ0v) is 20.8. The van der Waals surface area contributed by atoms with Crippen molar-refractivity contribution in [3.63, 3.8) is 0 Å². The van der Waals surface area contributed by atoms with Crippen LogP contribution in [0.2, 0.25) is 5.02 Å². The lowest BCUT2D eigenvalue weighted by Gasteiger charge is -2.11. The number of hydrogen-bond donors (Lipinski definition) is 1. The van der Waals surface area contributed by atoms with Crippen molar-refractivity contribution in [1.29, 1.82) is 0 Å². The number of methoxy groups -OCH3 is 1. The Hall–Kier alpha value is -2.79. The summed E-state index contributed by atoms with van der Waals surface area (Å²) < 4.78 is 6.93. The minimum atomic E-state index is -0.154. The number of carbonyl (C=O) groups is 2. The first-order chi connectivity index (χ1) is 15.8. The first kappa shape index (κ1) is 26.5. The summed E-state index contributed by atoms with van der Waals surface area (Å²) in [5.74, 6) is 1.08. The van der Waals surface area contributed by atoms with Crippen molar-refractivity contribution in [3.8, 4) is 5.75 Å². The molecule has 1 aromatic heterocycles. The van der Waals surface area contributed by atoms with Gasteiger partial charge in [0.1, 0.15) is 5.75 Å². The van der Waals surface area contributed by atoms with Crippen LogP contribution in [0.4, 0.5) is 0 Å². The second-order valence-electron chi connectivity index (χ2n) is 8.30. The number of nitrogens with two attached hydrogens (primary N) is 1. The highest BCUT2D eigenvalue weighted by Gasteiger charge is 2.15. The summed E-state index contributed by atoms with van der Waals surface area (Å²) in [6, 6.07) is 14.6. The molecule has 0 saturated carbocycles. The SMILES string of the molecule is CCCCCC(CC)CC(N)=O.COc1ccc2c(c1)cc(C)n2C(=O)c1ccc(Cl)cc1. The largest absolute Gasteiger partial charge is 0.497 e. The number of hydrogen-bond acceptors (Lipinski definition) is 3. The lowest BCUT2D eigenvalue weighted by Crippen LogP contribution is -2.15. The van der Waals surface area contributed by atoms with Crippen molar-refractivity contribution in [2.24, 2.45) is 11.7 Å². The van der Waals surface area contributed by atoms with Crippen molar-refractivity contribution in [1.82, 2.24) is 4.57 Å². The van der Waals surface area contributed by atoms with Gasteiger partial charge in [-0.2, -0.15) is 0 Å². The molecule has 0 bridgehead atoms. The van der Waals surface area contributed by atoms with Gasteiger partial charge in [0.2, 0.25) is 5.91 Å². The van der Waals surface area contributed by atoms with Crippen LogP contribution in [0.15, 0.2) is 48.5 Å². The van der Waals surface area contributed by atoms with Crippen LogP contribution >= 0.6 is 11.6 Å². The average Bonchev–Trinajstić information content (AvgIpc) is 3.13. The predicted molar refractivity (Wildman–Crippen MR) is 136 cm³/mol. The highest BCUT2D eigenvalue weighted by Crippen LogP contribution is 2.25. The van der Waals surface area contributed by atoms with Gasteiger partial charge in [-0.15, -0.1) is 0 Å². The number of benzene rings is 2. The van der Waals surface area contributed by atoms with Crippen molar-refractivity contribution in [2.45, 2.75) is 59.3 Å². The van der Waals surface area contributed by atoms with E-state index in [1.54, 1.807) is 35.9 Å². The standard InChI is InChI=1S/C17H14ClNO2.C10H21NO/c1-11-9-13-10-15(21-2)7-8-16(13)19(11)17(20)12-3-5-14(18)6-4-12;1-3-5-6-7-9(4-2)8-10(11)12/h3-10H,1-2H3;9H,3-8H2,1-2H3,(H2,11,12). The van der Waals surface area contributed by atoms with E-state index >= 15 is 0 Å². The zero-order chi connectivity index (χ0) is 24.4. The molecule has 0 spiro atoms. The summed E-state index contributed by atoms with van der Waals surface area (Å²) in [5.41, 5.74) is 7.50. The third-order valence-corrected chi connectivity index (χ3v) is 6.02. The molecular weight excluding hydrogens is 436 g/mol. The Morgan fingerprint density at radius 1 is 1.06 bits per heavy atom. The molecule has 2 N–H and O–H groups in total. The topological polar surface area (TPSA) is 74.3 Å². The molecule has 1 atom stereocenters. The summed E-state index contributed by atoms with van der Waals surface area (Å²) in [6.07, 6.45) is 6.56. The highest BCUT2D eigenvalue weighted by molar-refractivity contribution is 6.30. The number of amides is 1. The Balaban J connectivity index is 0.000000277. The second kappa shape index (κ2) is 13.0. The first-order valence-corrected chi connectivity index (χ1v) is 11.9. The van der Waals surface area contributed by atoms with Gasteiger partial charge in [-0.3, -0.25) is 14.2 Å². The van der Waals surface area contributed by atoms with E-state index < -0.39 is 0 Å². The van der Waals surface area contributed by atoms with Crippen molar-refractivity contribution in [2.75, 3.05) is 7.11 Å². The van der Waals surface area contributed by atoms with E-state index in [-0.39, 0.29) is 11.8 Å².